The molecule has 0 radical (unpaired) electrons. The number of urea groups is 1. The summed E-state index contributed by atoms with van der Waals surface area (Å²) in [6, 6.07) is -0.741. The van der Waals surface area contributed by atoms with Crippen molar-refractivity contribution in [1.29, 1.82) is 0 Å². The lowest BCUT2D eigenvalue weighted by molar-refractivity contribution is -0.137. The van der Waals surface area contributed by atoms with Crippen LogP contribution in [0.3, 0.4) is 0 Å². The van der Waals surface area contributed by atoms with Crippen LogP contribution in [0.25, 0.3) is 0 Å². The number of carboxylic acids is 1. The van der Waals surface area contributed by atoms with Gasteiger partial charge in [0.1, 0.15) is 6.33 Å². The third kappa shape index (κ3) is 3.69. The molecule has 0 spiro atoms. The van der Waals surface area contributed by atoms with Gasteiger partial charge in [0.2, 0.25) is 0 Å². The number of amides is 2. The third-order valence-electron chi connectivity index (χ3n) is 2.72. The van der Waals surface area contributed by atoms with E-state index in [1.807, 2.05) is 0 Å². The summed E-state index contributed by atoms with van der Waals surface area (Å²) in [5.41, 5.74) is 0.472. The average Bonchev–Trinajstić information content (AvgIpc) is 3.12. The fourth-order valence-electron chi connectivity index (χ4n) is 1.72. The number of carbonyl (C=O) groups is 2. The van der Waals surface area contributed by atoms with E-state index in [0.29, 0.717) is 5.69 Å². The highest BCUT2D eigenvalue weighted by Crippen LogP contribution is 2.34. The van der Waals surface area contributed by atoms with Crippen molar-refractivity contribution in [3.05, 3.63) is 18.7 Å². The van der Waals surface area contributed by atoms with Crippen LogP contribution >= 0.6 is 0 Å². The molecule has 96 valence electrons. The Labute approximate surface area is 104 Å². The molecule has 3 N–H and O–H groups in total. The molecule has 0 aromatic carbocycles. The summed E-state index contributed by atoms with van der Waals surface area (Å²) < 4.78 is 0. The lowest BCUT2D eigenvalue weighted by Crippen LogP contribution is -2.40. The van der Waals surface area contributed by atoms with Crippen molar-refractivity contribution in [2.75, 3.05) is 5.32 Å². The van der Waals surface area contributed by atoms with E-state index in [4.69, 9.17) is 5.11 Å². The predicted molar refractivity (Wildman–Crippen MR) is 63.0 cm³/mol. The smallest absolute Gasteiger partial charge is 0.319 e. The summed E-state index contributed by atoms with van der Waals surface area (Å²) >= 11 is 0. The zero-order valence-electron chi connectivity index (χ0n) is 9.67. The van der Waals surface area contributed by atoms with E-state index in [0.717, 1.165) is 12.8 Å². The van der Waals surface area contributed by atoms with Gasteiger partial charge in [-0.15, -0.1) is 0 Å². The molecule has 2 rings (SSSR count). The highest BCUT2D eigenvalue weighted by Gasteiger charge is 2.33. The van der Waals surface area contributed by atoms with Gasteiger partial charge >= 0.3 is 12.0 Å². The van der Waals surface area contributed by atoms with Crippen LogP contribution < -0.4 is 10.6 Å². The van der Waals surface area contributed by atoms with Crippen molar-refractivity contribution < 1.29 is 14.7 Å². The summed E-state index contributed by atoms with van der Waals surface area (Å²) in [5, 5.41) is 14.0. The van der Waals surface area contributed by atoms with Gasteiger partial charge in [0, 0.05) is 6.04 Å². The monoisotopic (exact) mass is 250 g/mol. The second-order valence-corrected chi connectivity index (χ2v) is 4.27. The van der Waals surface area contributed by atoms with Crippen LogP contribution in [-0.2, 0) is 4.79 Å². The minimum Gasteiger partial charge on any atom is -0.481 e. The average molecular weight is 250 g/mol. The molecule has 1 aliphatic rings. The van der Waals surface area contributed by atoms with Gasteiger partial charge in [-0.3, -0.25) is 4.79 Å². The number of rotatable bonds is 5. The number of aromatic nitrogens is 2. The fourth-order valence-corrected chi connectivity index (χ4v) is 1.72. The van der Waals surface area contributed by atoms with E-state index in [9.17, 15) is 9.59 Å². The number of hydrogen-bond acceptors (Lipinski definition) is 4. The van der Waals surface area contributed by atoms with Gasteiger partial charge in [-0.25, -0.2) is 14.8 Å². The molecule has 7 heteroatoms. The Balaban J connectivity index is 1.87. The molecule has 1 aromatic rings. The highest BCUT2D eigenvalue weighted by atomic mass is 16.4. The summed E-state index contributed by atoms with van der Waals surface area (Å²) in [4.78, 5) is 29.9. The Bertz CT molecular complexity index is 433. The molecule has 2 amide bonds. The van der Waals surface area contributed by atoms with Crippen molar-refractivity contribution in [1.82, 2.24) is 15.3 Å². The van der Waals surface area contributed by atoms with Gasteiger partial charge in [0.05, 0.1) is 24.5 Å². The largest absolute Gasteiger partial charge is 0.481 e. The Kier molecular flexibility index (Phi) is 3.71. The van der Waals surface area contributed by atoms with Crippen LogP contribution in [0.2, 0.25) is 0 Å². The molecular weight excluding hydrogens is 236 g/mol. The number of carbonyl (C=O) groups excluding carboxylic acids is 1. The fraction of sp³-hybridized carbons (Fsp3) is 0.455. The topological polar surface area (TPSA) is 104 Å². The van der Waals surface area contributed by atoms with Gasteiger partial charge in [0.25, 0.3) is 0 Å². The Morgan fingerprint density at radius 2 is 2.06 bits per heavy atom. The summed E-state index contributed by atoms with van der Waals surface area (Å²) in [6.45, 7) is 0. The van der Waals surface area contributed by atoms with Crippen LogP contribution in [-0.4, -0.2) is 33.1 Å². The first kappa shape index (κ1) is 12.3. The second kappa shape index (κ2) is 5.44. The minimum atomic E-state index is -0.907. The van der Waals surface area contributed by atoms with Crippen molar-refractivity contribution in [3.8, 4) is 0 Å². The standard InChI is InChI=1S/C11H14N4O3/c16-10(17)3-9(7-1-2-7)15-11(18)14-8-4-12-6-13-5-8/h4-7,9H,1-3H2,(H,16,17)(H2,14,15,18). The van der Waals surface area contributed by atoms with E-state index in [2.05, 4.69) is 20.6 Å². The molecule has 0 bridgehead atoms. The molecule has 1 saturated carbocycles. The van der Waals surface area contributed by atoms with Crippen molar-refractivity contribution in [2.45, 2.75) is 25.3 Å². The Morgan fingerprint density at radius 3 is 2.61 bits per heavy atom. The van der Waals surface area contributed by atoms with E-state index in [1.165, 1.54) is 18.7 Å². The molecule has 1 unspecified atom stereocenters. The van der Waals surface area contributed by atoms with Gasteiger partial charge in [0.15, 0.2) is 0 Å². The second-order valence-electron chi connectivity index (χ2n) is 4.27. The van der Waals surface area contributed by atoms with Gasteiger partial charge in [-0.05, 0) is 18.8 Å². The quantitative estimate of drug-likeness (QED) is 0.718. The number of aliphatic carboxylic acids is 1. The first-order chi connectivity index (χ1) is 8.65. The zero-order chi connectivity index (χ0) is 13.0. The molecule has 1 aliphatic carbocycles. The molecule has 0 saturated heterocycles. The number of carboxylic acid groups (broad SMARTS) is 1. The first-order valence-corrected chi connectivity index (χ1v) is 5.69. The maximum absolute atomic E-state index is 11.7. The number of anilines is 1. The summed E-state index contributed by atoms with van der Waals surface area (Å²) in [7, 11) is 0. The lowest BCUT2D eigenvalue weighted by atomic mass is 10.1. The van der Waals surface area contributed by atoms with Crippen LogP contribution in [0.15, 0.2) is 18.7 Å². The summed E-state index contributed by atoms with van der Waals surface area (Å²) in [6.07, 6.45) is 6.18. The van der Waals surface area contributed by atoms with Crippen molar-refractivity contribution in [2.24, 2.45) is 5.92 Å². The maximum Gasteiger partial charge on any atom is 0.319 e. The van der Waals surface area contributed by atoms with E-state index in [1.54, 1.807) is 0 Å². The number of nitrogens with zero attached hydrogens (tertiary/aromatic N) is 2. The highest BCUT2D eigenvalue weighted by molar-refractivity contribution is 5.89. The van der Waals surface area contributed by atoms with Crippen LogP contribution in [0.1, 0.15) is 19.3 Å². The van der Waals surface area contributed by atoms with Crippen molar-refractivity contribution in [3.63, 3.8) is 0 Å². The Morgan fingerprint density at radius 1 is 1.39 bits per heavy atom. The molecule has 18 heavy (non-hydrogen) atoms. The first-order valence-electron chi connectivity index (χ1n) is 5.69. The normalized spacial score (nSPS) is 15.8. The maximum atomic E-state index is 11.7. The SMILES string of the molecule is O=C(O)CC(NC(=O)Nc1cncnc1)C1CC1. The third-order valence-corrected chi connectivity index (χ3v) is 2.72. The van der Waals surface area contributed by atoms with Gasteiger partial charge in [-0.1, -0.05) is 0 Å². The minimum absolute atomic E-state index is 0.0522. The summed E-state index contributed by atoms with van der Waals surface area (Å²) in [5.74, 6) is -0.630. The van der Waals surface area contributed by atoms with Crippen LogP contribution in [0.5, 0.6) is 0 Å². The van der Waals surface area contributed by atoms with Crippen molar-refractivity contribution >= 4 is 17.7 Å². The van der Waals surface area contributed by atoms with E-state index in [-0.39, 0.29) is 18.4 Å². The molecule has 1 fully saturated rings. The Hall–Kier alpha value is -2.18. The molecule has 0 aliphatic heterocycles. The van der Waals surface area contributed by atoms with Gasteiger partial charge < -0.3 is 15.7 Å². The number of hydrogen-bond donors (Lipinski definition) is 3. The predicted octanol–water partition coefficient (Wildman–Crippen LogP) is 0.851. The zero-order valence-corrected chi connectivity index (χ0v) is 9.67. The lowest BCUT2D eigenvalue weighted by Gasteiger charge is -2.16. The van der Waals surface area contributed by atoms with E-state index >= 15 is 0 Å². The number of nitrogens with one attached hydrogen (secondary N) is 2. The van der Waals surface area contributed by atoms with Gasteiger partial charge in [-0.2, -0.15) is 0 Å². The molecule has 7 nitrogen and oxygen atoms in total. The molecule has 1 aromatic heterocycles. The molecule has 1 heterocycles. The molecule has 1 atom stereocenters. The molecular formula is C11H14N4O3. The van der Waals surface area contributed by atoms with Crippen LogP contribution in [0, 0.1) is 5.92 Å². The van der Waals surface area contributed by atoms with Crippen LogP contribution in [0.4, 0.5) is 10.5 Å². The van der Waals surface area contributed by atoms with E-state index < -0.39 is 12.0 Å².